The number of ether oxygens (including phenoxy) is 1. The summed E-state index contributed by atoms with van der Waals surface area (Å²) < 4.78 is 47.0. The van der Waals surface area contributed by atoms with Crippen LogP contribution in [0.1, 0.15) is 18.4 Å². The van der Waals surface area contributed by atoms with Gasteiger partial charge in [0.25, 0.3) is 5.60 Å². The number of nitrogens with one attached hydrogen (secondary N) is 2. The van der Waals surface area contributed by atoms with Gasteiger partial charge in [-0.05, 0) is 58.6 Å². The maximum Gasteiger partial charge on any atom is 0.445 e. The lowest BCUT2D eigenvalue weighted by molar-refractivity contribution is -0.392. The first kappa shape index (κ1) is 27.2. The Balaban J connectivity index is 0.000000162. The number of alkyl halides is 3. The molecule has 17 heteroatoms. The first-order valence-electron chi connectivity index (χ1n) is 11.4. The Morgan fingerprint density at radius 3 is 2.75 bits per heavy atom. The molecule has 0 spiro atoms. The van der Waals surface area contributed by atoms with Crippen molar-refractivity contribution < 1.29 is 27.6 Å². The van der Waals surface area contributed by atoms with Gasteiger partial charge in [0.1, 0.15) is 16.9 Å². The van der Waals surface area contributed by atoms with E-state index in [1.54, 1.807) is 11.6 Å². The molecule has 1 aromatic carbocycles. The minimum Gasteiger partial charge on any atom is -0.415 e. The number of nitro groups is 1. The van der Waals surface area contributed by atoms with Crippen molar-refractivity contribution in [3.8, 4) is 11.8 Å². The molecule has 1 atom stereocenters. The van der Waals surface area contributed by atoms with E-state index in [2.05, 4.69) is 46.8 Å². The van der Waals surface area contributed by atoms with Crippen molar-refractivity contribution in [3.05, 3.63) is 57.9 Å². The van der Waals surface area contributed by atoms with Gasteiger partial charge >= 0.3 is 18.1 Å². The predicted molar refractivity (Wildman–Crippen MR) is 135 cm³/mol. The van der Waals surface area contributed by atoms with Crippen LogP contribution in [-0.4, -0.2) is 46.7 Å². The van der Waals surface area contributed by atoms with E-state index in [0.717, 1.165) is 30.7 Å². The Kier molecular flexibility index (Phi) is 7.02. The fourth-order valence-corrected chi connectivity index (χ4v) is 4.73. The van der Waals surface area contributed by atoms with E-state index >= 15 is 0 Å². The third-order valence-corrected chi connectivity index (χ3v) is 7.09. The highest BCUT2D eigenvalue weighted by Gasteiger charge is 2.62. The molecule has 1 fully saturated rings. The highest BCUT2D eigenvalue weighted by atomic mass is 35.5. The summed E-state index contributed by atoms with van der Waals surface area (Å²) in [5, 5.41) is 14.2. The monoisotopic (exact) mass is 592 g/mol. The molecule has 0 radical (unpaired) electrons. The van der Waals surface area contributed by atoms with Crippen molar-refractivity contribution in [2.75, 3.05) is 5.32 Å². The number of cyclic esters (lactones) is 1. The molecule has 40 heavy (non-hydrogen) atoms. The molecule has 3 aromatic heterocycles. The number of halogens is 4. The van der Waals surface area contributed by atoms with E-state index in [1.165, 1.54) is 31.1 Å². The summed E-state index contributed by atoms with van der Waals surface area (Å²) in [6, 6.07) is 3.81. The molecule has 1 saturated carbocycles. The number of rotatable bonds is 3. The third kappa shape index (κ3) is 5.25. The predicted octanol–water partition coefficient (Wildman–Crippen LogP) is 5.22. The largest absolute Gasteiger partial charge is 0.445 e. The molecule has 0 unspecified atom stereocenters. The average molecular weight is 593 g/mol. The van der Waals surface area contributed by atoms with Crippen molar-refractivity contribution >= 4 is 52.1 Å². The molecule has 4 aromatic rings. The van der Waals surface area contributed by atoms with Gasteiger partial charge in [0.15, 0.2) is 10.7 Å². The Morgan fingerprint density at radius 2 is 2.05 bits per heavy atom. The van der Waals surface area contributed by atoms with Crippen molar-refractivity contribution in [2.45, 2.75) is 34.7 Å². The molecule has 1 aliphatic carbocycles. The van der Waals surface area contributed by atoms with Crippen molar-refractivity contribution in [3.63, 3.8) is 0 Å². The smallest absolute Gasteiger partial charge is 0.415 e. The lowest BCUT2D eigenvalue weighted by atomic mass is 9.90. The number of fused-ring (bicyclic) bond motifs is 2. The van der Waals surface area contributed by atoms with Gasteiger partial charge in [-0.25, -0.2) is 19.7 Å². The summed E-state index contributed by atoms with van der Waals surface area (Å²) in [5.41, 5.74) is -2.11. The van der Waals surface area contributed by atoms with Crippen LogP contribution in [0.2, 0.25) is 5.02 Å². The average Bonchev–Trinajstić information content (AvgIpc) is 3.47. The first-order valence-corrected chi connectivity index (χ1v) is 12.5. The van der Waals surface area contributed by atoms with Crippen LogP contribution in [0.4, 0.5) is 29.5 Å². The molecule has 12 nitrogen and oxygen atoms in total. The van der Waals surface area contributed by atoms with E-state index in [0.29, 0.717) is 21.2 Å². The number of hydrogen-bond acceptors (Lipinski definition) is 9. The van der Waals surface area contributed by atoms with Crippen LogP contribution in [-0.2, 0) is 17.4 Å². The number of benzene rings is 1. The second kappa shape index (κ2) is 10.3. The number of aromatic amines is 1. The molecule has 1 aliphatic heterocycles. The number of hydrogen-bond donors (Lipinski definition) is 2. The third-order valence-electron chi connectivity index (χ3n) is 5.69. The summed E-state index contributed by atoms with van der Waals surface area (Å²) in [6.45, 7) is 0. The zero-order chi connectivity index (χ0) is 28.7. The van der Waals surface area contributed by atoms with Gasteiger partial charge in [0.05, 0.1) is 12.0 Å². The van der Waals surface area contributed by atoms with Crippen molar-refractivity contribution in [2.24, 2.45) is 13.0 Å². The highest BCUT2D eigenvalue weighted by Crippen LogP contribution is 2.48. The standard InChI is InChI=1S/C14H9ClF3NO2.C9H7N7O2S/c15-9-3-4-11-10(7-9)13(14(16,17)18,21-12(20)19-11)6-5-8-1-2-8;1-15-4-14-7(16(17)18)9(15)19-8-5-6(11-2-10-5)12-3-13-8/h3-4,7-8H,1-2H2,(H,19,20);2-4H,1H3,(H,10,11,12,13)/t13-;/m0./s1. The Hall–Kier alpha value is -4.36. The normalized spacial score (nSPS) is 18.0. The minimum absolute atomic E-state index is 0.00179. The number of aromatic nitrogens is 6. The van der Waals surface area contributed by atoms with Gasteiger partial charge in [-0.15, -0.1) is 0 Å². The molecule has 2 N–H and O–H groups in total. The SMILES string of the molecule is Cn1cnc([N+](=O)[O-])c1Sc1ncnc2nc[nH]c12.O=C1Nc2ccc(Cl)cc2[C@@](C#CC2CC2)(C(F)(F)F)O1. The van der Waals surface area contributed by atoms with Gasteiger partial charge in [0.2, 0.25) is 6.33 Å². The molecular weight excluding hydrogens is 577 g/mol. The molecule has 0 saturated heterocycles. The Labute approximate surface area is 231 Å². The van der Waals surface area contributed by atoms with Crippen LogP contribution in [0.25, 0.3) is 11.2 Å². The maximum atomic E-state index is 13.6. The lowest BCUT2D eigenvalue weighted by Crippen LogP contribution is -2.49. The fourth-order valence-electron chi connectivity index (χ4n) is 3.61. The summed E-state index contributed by atoms with van der Waals surface area (Å²) in [6.07, 6.45) is -0.273. The van der Waals surface area contributed by atoms with Crippen LogP contribution in [0.5, 0.6) is 0 Å². The number of carbonyl (C=O) groups excluding carboxylic acids is 1. The van der Waals surface area contributed by atoms with Gasteiger partial charge in [-0.2, -0.15) is 13.2 Å². The zero-order valence-corrected chi connectivity index (χ0v) is 21.8. The van der Waals surface area contributed by atoms with E-state index in [1.807, 2.05) is 0 Å². The van der Waals surface area contributed by atoms with E-state index < -0.39 is 22.8 Å². The molecule has 4 heterocycles. The topological polar surface area (TPSA) is 154 Å². The Bertz CT molecular complexity index is 1690. The van der Waals surface area contributed by atoms with Crippen LogP contribution in [0.3, 0.4) is 0 Å². The highest BCUT2D eigenvalue weighted by molar-refractivity contribution is 7.99. The summed E-state index contributed by atoms with van der Waals surface area (Å²) in [5.74, 6) is 4.41. The molecule has 1 amide bonds. The molecule has 0 bridgehead atoms. The Morgan fingerprint density at radius 1 is 1.27 bits per heavy atom. The van der Waals surface area contributed by atoms with Gasteiger partial charge < -0.3 is 24.4 Å². The number of imidazole rings is 2. The fraction of sp³-hybridized carbons (Fsp3) is 0.261. The second-order valence-electron chi connectivity index (χ2n) is 8.55. The summed E-state index contributed by atoms with van der Waals surface area (Å²) >= 11 is 6.93. The number of H-pyrrole nitrogens is 1. The number of carbonyl (C=O) groups is 1. The van der Waals surface area contributed by atoms with Crippen molar-refractivity contribution in [1.29, 1.82) is 0 Å². The van der Waals surface area contributed by atoms with Crippen LogP contribution >= 0.6 is 23.4 Å². The number of amides is 1. The van der Waals surface area contributed by atoms with Crippen LogP contribution in [0, 0.1) is 27.9 Å². The number of nitrogens with zero attached hydrogens (tertiary/aromatic N) is 6. The maximum absolute atomic E-state index is 13.6. The van der Waals surface area contributed by atoms with E-state index in [9.17, 15) is 28.1 Å². The second-order valence-corrected chi connectivity index (χ2v) is 9.96. The van der Waals surface area contributed by atoms with Gasteiger partial charge in [-0.1, -0.05) is 17.5 Å². The quantitative estimate of drug-likeness (QED) is 0.141. The summed E-state index contributed by atoms with van der Waals surface area (Å²) in [7, 11) is 1.69. The van der Waals surface area contributed by atoms with Crippen molar-refractivity contribution in [1.82, 2.24) is 29.5 Å². The number of aryl methyl sites for hydroxylation is 1. The van der Waals surface area contributed by atoms with E-state index in [4.69, 9.17) is 11.6 Å². The van der Waals surface area contributed by atoms with Crippen LogP contribution < -0.4 is 5.32 Å². The first-order chi connectivity index (χ1) is 19.0. The van der Waals surface area contributed by atoms with E-state index in [-0.39, 0.29) is 28.0 Å². The minimum atomic E-state index is -4.87. The number of anilines is 1. The molecule has 206 valence electrons. The van der Waals surface area contributed by atoms with Gasteiger partial charge in [-0.3, -0.25) is 5.32 Å². The van der Waals surface area contributed by atoms with Crippen LogP contribution in [0.15, 0.2) is 47.2 Å². The lowest BCUT2D eigenvalue weighted by Gasteiger charge is -2.35. The molecular formula is C23H16ClF3N8O4S. The zero-order valence-electron chi connectivity index (χ0n) is 20.2. The van der Waals surface area contributed by atoms with Gasteiger partial charge in [0, 0.05) is 23.6 Å². The molecule has 6 rings (SSSR count). The molecule has 2 aliphatic rings. The summed E-state index contributed by atoms with van der Waals surface area (Å²) in [4.78, 5) is 40.7.